The molecule has 0 aromatic rings. The standard InChI is InChI=1S/C11H19NO3.C2H6/c1-8(13)11(12-9(2)14-3)10-4-6-15-7-5-10;1-2/h10-12H,2,4-7H2,1,3H3;1-2H3. The summed E-state index contributed by atoms with van der Waals surface area (Å²) < 4.78 is 10.2. The zero-order chi connectivity index (χ0) is 13.3. The van der Waals surface area contributed by atoms with Gasteiger partial charge in [0.25, 0.3) is 0 Å². The Kier molecular flexibility index (Phi) is 8.50. The fourth-order valence-electron chi connectivity index (χ4n) is 1.83. The third-order valence-corrected chi connectivity index (χ3v) is 2.74. The van der Waals surface area contributed by atoms with Crippen molar-refractivity contribution in [2.75, 3.05) is 20.3 Å². The van der Waals surface area contributed by atoms with E-state index >= 15 is 0 Å². The molecule has 1 atom stereocenters. The zero-order valence-electron chi connectivity index (χ0n) is 11.4. The van der Waals surface area contributed by atoms with Gasteiger partial charge in [0.2, 0.25) is 0 Å². The number of methoxy groups -OCH3 is 1. The molecule has 0 aromatic heterocycles. The average molecular weight is 243 g/mol. The lowest BCUT2D eigenvalue weighted by Crippen LogP contribution is -2.43. The third kappa shape index (κ3) is 5.73. The largest absolute Gasteiger partial charge is 0.483 e. The van der Waals surface area contributed by atoms with Crippen LogP contribution in [0.5, 0.6) is 0 Å². The highest BCUT2D eigenvalue weighted by Gasteiger charge is 2.27. The minimum atomic E-state index is -0.193. The Morgan fingerprint density at radius 3 is 2.35 bits per heavy atom. The summed E-state index contributed by atoms with van der Waals surface area (Å²) in [4.78, 5) is 11.5. The SMILES string of the molecule is C=C(NC(C(C)=O)C1CCOCC1)OC.CC. The molecule has 0 amide bonds. The molecular formula is C13H25NO3. The summed E-state index contributed by atoms with van der Waals surface area (Å²) in [6, 6.07) is -0.193. The van der Waals surface area contributed by atoms with Crippen molar-refractivity contribution in [3.63, 3.8) is 0 Å². The number of Topliss-reactive ketones (excluding diaryl/α,β-unsaturated/α-hetero) is 1. The quantitative estimate of drug-likeness (QED) is 0.751. The molecule has 4 heteroatoms. The molecule has 0 saturated carbocycles. The molecule has 0 aliphatic carbocycles. The van der Waals surface area contributed by atoms with Crippen LogP contribution in [0.1, 0.15) is 33.6 Å². The van der Waals surface area contributed by atoms with E-state index in [9.17, 15) is 4.79 Å². The first kappa shape index (κ1) is 16.0. The van der Waals surface area contributed by atoms with E-state index in [1.54, 1.807) is 6.92 Å². The van der Waals surface area contributed by atoms with Crippen molar-refractivity contribution < 1.29 is 14.3 Å². The maximum atomic E-state index is 11.5. The highest BCUT2D eigenvalue weighted by Crippen LogP contribution is 2.20. The summed E-state index contributed by atoms with van der Waals surface area (Å²) in [7, 11) is 1.54. The molecule has 1 unspecified atom stereocenters. The second kappa shape index (κ2) is 9.05. The summed E-state index contributed by atoms with van der Waals surface area (Å²) in [6.07, 6.45) is 1.82. The minimum absolute atomic E-state index is 0.125. The molecule has 0 aromatic carbocycles. The first-order chi connectivity index (χ1) is 8.15. The Morgan fingerprint density at radius 2 is 1.94 bits per heavy atom. The van der Waals surface area contributed by atoms with E-state index in [2.05, 4.69) is 11.9 Å². The van der Waals surface area contributed by atoms with Crippen molar-refractivity contribution in [2.45, 2.75) is 39.7 Å². The Morgan fingerprint density at radius 1 is 1.41 bits per heavy atom. The second-order valence-corrected chi connectivity index (χ2v) is 3.81. The molecule has 1 heterocycles. The molecule has 4 nitrogen and oxygen atoms in total. The minimum Gasteiger partial charge on any atom is -0.483 e. The number of hydrogen-bond acceptors (Lipinski definition) is 4. The van der Waals surface area contributed by atoms with E-state index in [0.717, 1.165) is 26.1 Å². The summed E-state index contributed by atoms with van der Waals surface area (Å²) in [5.74, 6) is 0.893. The molecule has 1 aliphatic heterocycles. The smallest absolute Gasteiger partial charge is 0.179 e. The van der Waals surface area contributed by atoms with Crippen LogP contribution < -0.4 is 5.32 Å². The van der Waals surface area contributed by atoms with Crippen molar-refractivity contribution in [3.8, 4) is 0 Å². The van der Waals surface area contributed by atoms with E-state index in [4.69, 9.17) is 9.47 Å². The fourth-order valence-corrected chi connectivity index (χ4v) is 1.83. The van der Waals surface area contributed by atoms with Gasteiger partial charge in [-0.05, 0) is 32.3 Å². The first-order valence-corrected chi connectivity index (χ1v) is 6.22. The van der Waals surface area contributed by atoms with E-state index in [-0.39, 0.29) is 11.8 Å². The monoisotopic (exact) mass is 243 g/mol. The summed E-state index contributed by atoms with van der Waals surface area (Å²) in [5, 5.41) is 3.01. The highest BCUT2D eigenvalue weighted by molar-refractivity contribution is 5.82. The van der Waals surface area contributed by atoms with E-state index in [1.165, 1.54) is 7.11 Å². The number of carbonyl (C=O) groups excluding carboxylic acids is 1. The number of ketones is 1. The van der Waals surface area contributed by atoms with Crippen LogP contribution in [0.2, 0.25) is 0 Å². The first-order valence-electron chi connectivity index (χ1n) is 6.22. The van der Waals surface area contributed by atoms with Crippen LogP contribution >= 0.6 is 0 Å². The molecule has 0 radical (unpaired) electrons. The maximum absolute atomic E-state index is 11.5. The van der Waals surface area contributed by atoms with Crippen LogP contribution in [0.4, 0.5) is 0 Å². The molecule has 1 saturated heterocycles. The van der Waals surface area contributed by atoms with Gasteiger partial charge in [-0.2, -0.15) is 0 Å². The van der Waals surface area contributed by atoms with Gasteiger partial charge >= 0.3 is 0 Å². The van der Waals surface area contributed by atoms with Crippen LogP contribution in [-0.4, -0.2) is 32.1 Å². The van der Waals surface area contributed by atoms with Gasteiger partial charge in [0.1, 0.15) is 0 Å². The van der Waals surface area contributed by atoms with Crippen LogP contribution in [0.25, 0.3) is 0 Å². The Balaban J connectivity index is 0.00000121. The fraction of sp³-hybridized carbons (Fsp3) is 0.769. The summed E-state index contributed by atoms with van der Waals surface area (Å²) in [5.41, 5.74) is 0. The van der Waals surface area contributed by atoms with Crippen molar-refractivity contribution in [3.05, 3.63) is 12.5 Å². The van der Waals surface area contributed by atoms with Crippen molar-refractivity contribution >= 4 is 5.78 Å². The predicted octanol–water partition coefficient (Wildman–Crippen LogP) is 2.10. The third-order valence-electron chi connectivity index (χ3n) is 2.74. The van der Waals surface area contributed by atoms with Gasteiger partial charge in [0.05, 0.1) is 13.2 Å². The van der Waals surface area contributed by atoms with Crippen LogP contribution in [0.3, 0.4) is 0 Å². The molecule has 17 heavy (non-hydrogen) atoms. The van der Waals surface area contributed by atoms with Crippen LogP contribution in [-0.2, 0) is 14.3 Å². The number of ether oxygens (including phenoxy) is 2. The lowest BCUT2D eigenvalue weighted by atomic mass is 9.89. The van der Waals surface area contributed by atoms with Gasteiger partial charge in [-0.15, -0.1) is 0 Å². The number of hydrogen-bond donors (Lipinski definition) is 1. The summed E-state index contributed by atoms with van der Waals surface area (Å²) in [6.45, 7) is 10.7. The zero-order valence-corrected chi connectivity index (χ0v) is 11.4. The number of carbonyl (C=O) groups is 1. The van der Waals surface area contributed by atoms with Crippen LogP contribution in [0, 0.1) is 5.92 Å². The van der Waals surface area contributed by atoms with Gasteiger partial charge in [-0.25, -0.2) is 0 Å². The van der Waals surface area contributed by atoms with Crippen molar-refractivity contribution in [1.29, 1.82) is 0 Å². The van der Waals surface area contributed by atoms with E-state index in [0.29, 0.717) is 11.8 Å². The molecule has 1 fully saturated rings. The number of nitrogens with one attached hydrogen (secondary N) is 1. The van der Waals surface area contributed by atoms with Gasteiger partial charge in [0, 0.05) is 13.2 Å². The Labute approximate surface area is 104 Å². The lowest BCUT2D eigenvalue weighted by Gasteiger charge is -2.29. The van der Waals surface area contributed by atoms with E-state index < -0.39 is 0 Å². The second-order valence-electron chi connectivity index (χ2n) is 3.81. The van der Waals surface area contributed by atoms with Gasteiger partial charge in [-0.1, -0.05) is 13.8 Å². The molecule has 1 rings (SSSR count). The number of rotatable bonds is 5. The van der Waals surface area contributed by atoms with Crippen molar-refractivity contribution in [2.24, 2.45) is 5.92 Å². The Bertz CT molecular complexity index is 235. The molecular weight excluding hydrogens is 218 g/mol. The van der Waals surface area contributed by atoms with Gasteiger partial charge in [0.15, 0.2) is 11.7 Å². The highest BCUT2D eigenvalue weighted by atomic mass is 16.5. The van der Waals surface area contributed by atoms with Crippen molar-refractivity contribution in [1.82, 2.24) is 5.32 Å². The average Bonchev–Trinajstić information content (AvgIpc) is 2.38. The molecule has 1 N–H and O–H groups in total. The van der Waals surface area contributed by atoms with Crippen LogP contribution in [0.15, 0.2) is 12.5 Å². The summed E-state index contributed by atoms with van der Waals surface area (Å²) >= 11 is 0. The van der Waals surface area contributed by atoms with Gasteiger partial charge < -0.3 is 14.8 Å². The van der Waals surface area contributed by atoms with Gasteiger partial charge in [-0.3, -0.25) is 4.79 Å². The normalized spacial score (nSPS) is 17.4. The molecule has 0 bridgehead atoms. The topological polar surface area (TPSA) is 47.6 Å². The Hall–Kier alpha value is -1.03. The molecule has 100 valence electrons. The van der Waals surface area contributed by atoms with E-state index in [1.807, 2.05) is 13.8 Å². The maximum Gasteiger partial charge on any atom is 0.179 e. The molecule has 1 aliphatic rings. The molecule has 0 spiro atoms. The lowest BCUT2D eigenvalue weighted by molar-refractivity contribution is -0.121. The predicted molar refractivity (Wildman–Crippen MR) is 68.6 cm³/mol.